The van der Waals surface area contributed by atoms with Gasteiger partial charge < -0.3 is 9.47 Å². The molecule has 0 aliphatic rings. The predicted octanol–water partition coefficient (Wildman–Crippen LogP) is 10.1. The second-order valence-corrected chi connectivity index (χ2v) is 10.8. The van der Waals surface area contributed by atoms with E-state index < -0.39 is 36.0 Å². The van der Waals surface area contributed by atoms with Gasteiger partial charge >= 0.3 is 6.18 Å². The highest BCUT2D eigenvalue weighted by Crippen LogP contribution is 2.28. The Hall–Kier alpha value is -3.68. The molecule has 43 heavy (non-hydrogen) atoms. The predicted molar refractivity (Wildman–Crippen MR) is 157 cm³/mol. The SMILES string of the molecule is CCCCCCCOc1ccc(CCc2ccc3c(F)c(CCc4cc(F)c(OCC(F)(F)F)c(F)c4)ccc3c2)cc1. The van der Waals surface area contributed by atoms with Crippen molar-refractivity contribution in [2.45, 2.75) is 70.9 Å². The van der Waals surface area contributed by atoms with Gasteiger partial charge in [-0.1, -0.05) is 75.1 Å². The van der Waals surface area contributed by atoms with E-state index in [1.807, 2.05) is 30.3 Å². The molecule has 0 unspecified atom stereocenters. The Labute approximate surface area is 248 Å². The molecule has 0 amide bonds. The lowest BCUT2D eigenvalue weighted by molar-refractivity contribution is -0.154. The van der Waals surface area contributed by atoms with Crippen LogP contribution in [0.1, 0.15) is 61.3 Å². The van der Waals surface area contributed by atoms with Crippen molar-refractivity contribution in [3.63, 3.8) is 0 Å². The summed E-state index contributed by atoms with van der Waals surface area (Å²) in [7, 11) is 0. The van der Waals surface area contributed by atoms with Crippen LogP contribution in [0.5, 0.6) is 11.5 Å². The van der Waals surface area contributed by atoms with E-state index in [-0.39, 0.29) is 18.4 Å². The largest absolute Gasteiger partial charge is 0.494 e. The maximum atomic E-state index is 15.3. The number of ether oxygens (including phenoxy) is 2. The van der Waals surface area contributed by atoms with Gasteiger partial charge in [-0.25, -0.2) is 13.2 Å². The van der Waals surface area contributed by atoms with E-state index in [0.29, 0.717) is 10.9 Å². The average molecular weight is 603 g/mol. The number of unbranched alkanes of at least 4 members (excludes halogenated alkanes) is 4. The van der Waals surface area contributed by atoms with Crippen LogP contribution in [-0.2, 0) is 25.7 Å². The van der Waals surface area contributed by atoms with Crippen molar-refractivity contribution in [1.82, 2.24) is 0 Å². The number of rotatable bonds is 15. The summed E-state index contributed by atoms with van der Waals surface area (Å²) in [6.45, 7) is 1.13. The Morgan fingerprint density at radius 1 is 0.628 bits per heavy atom. The first-order chi connectivity index (χ1) is 20.6. The summed E-state index contributed by atoms with van der Waals surface area (Å²) in [5.41, 5.74) is 2.82. The zero-order valence-corrected chi connectivity index (χ0v) is 24.2. The molecule has 0 atom stereocenters. The molecule has 0 aromatic heterocycles. The number of benzene rings is 4. The van der Waals surface area contributed by atoms with Crippen LogP contribution in [0.15, 0.2) is 66.7 Å². The molecule has 0 aliphatic heterocycles. The summed E-state index contributed by atoms with van der Waals surface area (Å²) in [6.07, 6.45) is 3.14. The minimum atomic E-state index is -4.72. The molecule has 4 aromatic carbocycles. The molecule has 0 fully saturated rings. The fourth-order valence-electron chi connectivity index (χ4n) is 5.00. The van der Waals surface area contributed by atoms with E-state index in [1.165, 1.54) is 31.2 Å². The second-order valence-electron chi connectivity index (χ2n) is 10.8. The van der Waals surface area contributed by atoms with Crippen LogP contribution in [0.25, 0.3) is 10.8 Å². The van der Waals surface area contributed by atoms with Crippen molar-refractivity contribution >= 4 is 10.8 Å². The number of hydrogen-bond donors (Lipinski definition) is 0. The molecule has 4 rings (SSSR count). The topological polar surface area (TPSA) is 18.5 Å². The average Bonchev–Trinajstić information content (AvgIpc) is 2.97. The summed E-state index contributed by atoms with van der Waals surface area (Å²) in [6, 6.07) is 19.0. The van der Waals surface area contributed by atoms with Gasteiger partial charge in [0.2, 0.25) is 0 Å². The molecule has 0 bridgehead atoms. The van der Waals surface area contributed by atoms with E-state index >= 15 is 4.39 Å². The van der Waals surface area contributed by atoms with E-state index in [2.05, 4.69) is 23.8 Å². The summed E-state index contributed by atoms with van der Waals surface area (Å²) < 4.78 is 90.8. The Morgan fingerprint density at radius 2 is 1.28 bits per heavy atom. The molecule has 0 aliphatic carbocycles. The molecule has 4 aromatic rings. The molecule has 0 radical (unpaired) electrons. The number of halogens is 6. The van der Waals surface area contributed by atoms with Crippen molar-refractivity contribution in [2.75, 3.05) is 13.2 Å². The standard InChI is InChI=1S/C35H36F6O2/c1-2-3-4-5-6-19-42-29-16-10-24(11-17-29)7-8-25-12-18-30-28(20-25)15-14-27(33(30)38)13-9-26-21-31(36)34(32(37)22-26)43-23-35(39,40)41/h10-12,14-18,20-22H,2-9,13,19,23H2,1H3. The maximum Gasteiger partial charge on any atom is 0.422 e. The van der Waals surface area contributed by atoms with Crippen molar-refractivity contribution < 1.29 is 35.8 Å². The van der Waals surface area contributed by atoms with Crippen LogP contribution in [0.4, 0.5) is 26.3 Å². The summed E-state index contributed by atoms with van der Waals surface area (Å²) in [5.74, 6) is -3.08. The van der Waals surface area contributed by atoms with Gasteiger partial charge in [0.25, 0.3) is 0 Å². The van der Waals surface area contributed by atoms with Crippen LogP contribution in [0.2, 0.25) is 0 Å². The van der Waals surface area contributed by atoms with Gasteiger partial charge in [-0.3, -0.25) is 0 Å². The number of alkyl halides is 3. The first-order valence-electron chi connectivity index (χ1n) is 14.7. The van der Waals surface area contributed by atoms with Crippen molar-refractivity contribution in [3.05, 3.63) is 106 Å². The molecule has 8 heteroatoms. The van der Waals surface area contributed by atoms with Gasteiger partial charge in [-0.2, -0.15) is 13.2 Å². The van der Waals surface area contributed by atoms with Crippen LogP contribution >= 0.6 is 0 Å². The molecule has 2 nitrogen and oxygen atoms in total. The highest BCUT2D eigenvalue weighted by molar-refractivity contribution is 5.84. The minimum absolute atomic E-state index is 0.0939. The van der Waals surface area contributed by atoms with Gasteiger partial charge in [0.15, 0.2) is 24.0 Å². The van der Waals surface area contributed by atoms with Crippen LogP contribution in [-0.4, -0.2) is 19.4 Å². The lowest BCUT2D eigenvalue weighted by atomic mass is 9.97. The van der Waals surface area contributed by atoms with Gasteiger partial charge in [0.05, 0.1) is 6.61 Å². The first kappa shape index (κ1) is 32.2. The van der Waals surface area contributed by atoms with Crippen LogP contribution in [0.3, 0.4) is 0 Å². The van der Waals surface area contributed by atoms with Gasteiger partial charge in [-0.15, -0.1) is 0 Å². The molecule has 0 saturated carbocycles. The first-order valence-corrected chi connectivity index (χ1v) is 14.7. The lowest BCUT2D eigenvalue weighted by Gasteiger charge is -2.12. The fraction of sp³-hybridized carbons (Fsp3) is 0.371. The Morgan fingerprint density at radius 3 is 1.98 bits per heavy atom. The normalized spacial score (nSPS) is 11.7. The van der Waals surface area contributed by atoms with Crippen LogP contribution in [0, 0.1) is 17.5 Å². The summed E-state index contributed by atoms with van der Waals surface area (Å²) in [5, 5.41) is 1.20. The summed E-state index contributed by atoms with van der Waals surface area (Å²) >= 11 is 0. The monoisotopic (exact) mass is 602 g/mol. The van der Waals surface area contributed by atoms with E-state index in [1.54, 1.807) is 12.1 Å². The zero-order chi connectivity index (χ0) is 30.8. The van der Waals surface area contributed by atoms with E-state index in [0.717, 1.165) is 54.7 Å². The molecule has 0 N–H and O–H groups in total. The van der Waals surface area contributed by atoms with Gasteiger partial charge in [-0.05, 0) is 84.0 Å². The Bertz CT molecular complexity index is 1460. The number of hydrogen-bond acceptors (Lipinski definition) is 2. The molecule has 0 saturated heterocycles. The highest BCUT2D eigenvalue weighted by atomic mass is 19.4. The Balaban J connectivity index is 1.31. The minimum Gasteiger partial charge on any atom is -0.494 e. The quantitative estimate of drug-likeness (QED) is 0.0996. The van der Waals surface area contributed by atoms with E-state index in [9.17, 15) is 22.0 Å². The zero-order valence-electron chi connectivity index (χ0n) is 24.2. The molecule has 0 spiro atoms. The molecular weight excluding hydrogens is 566 g/mol. The molecular formula is C35H36F6O2. The third-order valence-corrected chi connectivity index (χ3v) is 7.36. The Kier molecular flexibility index (Phi) is 11.4. The number of fused-ring (bicyclic) bond motifs is 1. The maximum absolute atomic E-state index is 15.3. The number of aryl methyl sites for hydroxylation is 4. The van der Waals surface area contributed by atoms with Crippen molar-refractivity contribution in [1.29, 1.82) is 0 Å². The smallest absolute Gasteiger partial charge is 0.422 e. The fourth-order valence-corrected chi connectivity index (χ4v) is 5.00. The lowest BCUT2D eigenvalue weighted by Crippen LogP contribution is -2.20. The summed E-state index contributed by atoms with van der Waals surface area (Å²) in [4.78, 5) is 0. The van der Waals surface area contributed by atoms with E-state index in [4.69, 9.17) is 4.74 Å². The van der Waals surface area contributed by atoms with Crippen molar-refractivity contribution in [3.8, 4) is 11.5 Å². The van der Waals surface area contributed by atoms with Gasteiger partial charge in [0, 0.05) is 5.39 Å². The highest BCUT2D eigenvalue weighted by Gasteiger charge is 2.30. The second kappa shape index (κ2) is 15.2. The van der Waals surface area contributed by atoms with Crippen LogP contribution < -0.4 is 9.47 Å². The third-order valence-electron chi connectivity index (χ3n) is 7.36. The molecule has 230 valence electrons. The van der Waals surface area contributed by atoms with Gasteiger partial charge in [0.1, 0.15) is 11.6 Å². The third kappa shape index (κ3) is 9.66. The van der Waals surface area contributed by atoms with Crippen molar-refractivity contribution in [2.24, 2.45) is 0 Å². The molecule has 0 heterocycles.